The summed E-state index contributed by atoms with van der Waals surface area (Å²) in [4.78, 5) is 0. The molecule has 24 heavy (non-hydrogen) atoms. The summed E-state index contributed by atoms with van der Waals surface area (Å²) in [7, 11) is 3.30. The van der Waals surface area contributed by atoms with Gasteiger partial charge in [0.2, 0.25) is 0 Å². The van der Waals surface area contributed by atoms with Crippen LogP contribution in [0.1, 0.15) is 37.0 Å². The van der Waals surface area contributed by atoms with Gasteiger partial charge >= 0.3 is 0 Å². The molecular weight excluding hydrogens is 302 g/mol. The third kappa shape index (κ3) is 4.73. The van der Waals surface area contributed by atoms with Gasteiger partial charge in [-0.1, -0.05) is 31.2 Å². The van der Waals surface area contributed by atoms with Crippen LogP contribution in [0.5, 0.6) is 11.5 Å². The lowest BCUT2D eigenvalue weighted by atomic mass is 9.94. The van der Waals surface area contributed by atoms with E-state index in [1.807, 2.05) is 36.4 Å². The molecule has 0 saturated heterocycles. The number of methoxy groups -OCH3 is 2. The van der Waals surface area contributed by atoms with Gasteiger partial charge in [-0.05, 0) is 48.2 Å². The van der Waals surface area contributed by atoms with Crippen LogP contribution >= 0.6 is 0 Å². The van der Waals surface area contributed by atoms with Crippen molar-refractivity contribution >= 4 is 0 Å². The summed E-state index contributed by atoms with van der Waals surface area (Å²) in [6.45, 7) is 4.82. The Kier molecular flexibility index (Phi) is 6.64. The van der Waals surface area contributed by atoms with Gasteiger partial charge in [-0.3, -0.25) is 0 Å². The number of aliphatic hydroxyl groups is 1. The Labute approximate surface area is 144 Å². The fraction of sp³-hybridized carbons (Fsp3) is 0.400. The molecule has 0 aromatic heterocycles. The molecule has 0 aliphatic rings. The van der Waals surface area contributed by atoms with Gasteiger partial charge in [-0.25, -0.2) is 0 Å². The fourth-order valence-corrected chi connectivity index (χ4v) is 2.61. The molecular formula is C20H27NO3. The quantitative estimate of drug-likeness (QED) is 0.778. The van der Waals surface area contributed by atoms with Gasteiger partial charge < -0.3 is 19.9 Å². The van der Waals surface area contributed by atoms with Crippen molar-refractivity contribution in [2.75, 3.05) is 20.8 Å². The number of ether oxygens (including phenoxy) is 2. The number of rotatable bonds is 8. The van der Waals surface area contributed by atoms with Crippen LogP contribution in [0.2, 0.25) is 0 Å². The zero-order valence-corrected chi connectivity index (χ0v) is 14.8. The first-order chi connectivity index (χ1) is 11.5. The van der Waals surface area contributed by atoms with Crippen LogP contribution in [0.3, 0.4) is 0 Å². The molecule has 4 heteroatoms. The van der Waals surface area contributed by atoms with Crippen molar-refractivity contribution in [3.05, 3.63) is 59.7 Å². The standard InChI is InChI=1S/C20H27NO3/c1-14(16-5-9-18(23-3)10-6-16)15(2)21-13-20(22)17-7-11-19(24-4)12-8-17/h5-12,14-15,20-22H,13H2,1-4H3. The molecule has 0 amide bonds. The van der Waals surface area contributed by atoms with E-state index in [0.717, 1.165) is 17.1 Å². The summed E-state index contributed by atoms with van der Waals surface area (Å²) in [5, 5.41) is 13.8. The molecule has 2 aromatic carbocycles. The van der Waals surface area contributed by atoms with E-state index in [-0.39, 0.29) is 6.04 Å². The Morgan fingerprint density at radius 1 is 0.833 bits per heavy atom. The van der Waals surface area contributed by atoms with E-state index in [2.05, 4.69) is 31.3 Å². The molecule has 0 aliphatic carbocycles. The summed E-state index contributed by atoms with van der Waals surface area (Å²) < 4.78 is 10.3. The van der Waals surface area contributed by atoms with Crippen molar-refractivity contribution in [2.45, 2.75) is 31.9 Å². The van der Waals surface area contributed by atoms with Crippen LogP contribution in [-0.2, 0) is 0 Å². The van der Waals surface area contributed by atoms with Gasteiger partial charge in [0.25, 0.3) is 0 Å². The van der Waals surface area contributed by atoms with Crippen LogP contribution < -0.4 is 14.8 Å². The zero-order valence-electron chi connectivity index (χ0n) is 14.8. The summed E-state index contributed by atoms with van der Waals surface area (Å²) >= 11 is 0. The SMILES string of the molecule is COc1ccc(C(O)CNC(C)C(C)c2ccc(OC)cc2)cc1. The molecule has 2 N–H and O–H groups in total. The van der Waals surface area contributed by atoms with Crippen LogP contribution in [0, 0.1) is 0 Å². The molecule has 130 valence electrons. The average Bonchev–Trinajstić information content (AvgIpc) is 2.65. The first-order valence-electron chi connectivity index (χ1n) is 8.24. The second-order valence-electron chi connectivity index (χ2n) is 6.05. The minimum Gasteiger partial charge on any atom is -0.497 e. The summed E-state index contributed by atoms with van der Waals surface area (Å²) in [5.74, 6) is 1.99. The molecule has 4 nitrogen and oxygen atoms in total. The predicted molar refractivity (Wildman–Crippen MR) is 96.8 cm³/mol. The highest BCUT2D eigenvalue weighted by molar-refractivity contribution is 5.30. The molecule has 0 spiro atoms. The van der Waals surface area contributed by atoms with Crippen LogP contribution in [0.4, 0.5) is 0 Å². The first-order valence-corrected chi connectivity index (χ1v) is 8.24. The van der Waals surface area contributed by atoms with E-state index in [1.165, 1.54) is 5.56 Å². The average molecular weight is 329 g/mol. The molecule has 0 heterocycles. The number of benzene rings is 2. The molecule has 3 atom stereocenters. The molecule has 3 unspecified atom stereocenters. The van der Waals surface area contributed by atoms with Crippen molar-refractivity contribution in [1.29, 1.82) is 0 Å². The van der Waals surface area contributed by atoms with Gasteiger partial charge in [0, 0.05) is 12.6 Å². The summed E-state index contributed by atoms with van der Waals surface area (Å²) in [6, 6.07) is 15.9. The first kappa shape index (κ1) is 18.3. The maximum atomic E-state index is 10.3. The Balaban J connectivity index is 1.89. The van der Waals surface area contributed by atoms with Gasteiger partial charge in [-0.15, -0.1) is 0 Å². The van der Waals surface area contributed by atoms with Gasteiger partial charge in [0.05, 0.1) is 20.3 Å². The second-order valence-corrected chi connectivity index (χ2v) is 6.05. The Morgan fingerprint density at radius 3 is 1.75 bits per heavy atom. The highest BCUT2D eigenvalue weighted by Crippen LogP contribution is 2.23. The normalized spacial score (nSPS) is 14.7. The number of nitrogens with one attached hydrogen (secondary N) is 1. The third-order valence-electron chi connectivity index (χ3n) is 4.53. The van der Waals surface area contributed by atoms with E-state index < -0.39 is 6.10 Å². The third-order valence-corrected chi connectivity index (χ3v) is 4.53. The summed E-state index contributed by atoms with van der Waals surface area (Å²) in [6.07, 6.45) is -0.540. The van der Waals surface area contributed by atoms with Gasteiger partial charge in [0.15, 0.2) is 0 Å². The highest BCUT2D eigenvalue weighted by atomic mass is 16.5. The second kappa shape index (κ2) is 8.71. The van der Waals surface area contributed by atoms with Crippen molar-refractivity contribution in [1.82, 2.24) is 5.32 Å². The van der Waals surface area contributed by atoms with Crippen molar-refractivity contribution < 1.29 is 14.6 Å². The van der Waals surface area contributed by atoms with Crippen molar-refractivity contribution in [3.63, 3.8) is 0 Å². The van der Waals surface area contributed by atoms with Crippen LogP contribution in [0.15, 0.2) is 48.5 Å². The molecule has 0 saturated carbocycles. The highest BCUT2D eigenvalue weighted by Gasteiger charge is 2.16. The van der Waals surface area contributed by atoms with Gasteiger partial charge in [0.1, 0.15) is 11.5 Å². The van der Waals surface area contributed by atoms with Crippen molar-refractivity contribution in [2.24, 2.45) is 0 Å². The zero-order chi connectivity index (χ0) is 17.5. The van der Waals surface area contributed by atoms with Gasteiger partial charge in [-0.2, -0.15) is 0 Å². The minimum absolute atomic E-state index is 0.242. The maximum absolute atomic E-state index is 10.3. The number of hydrogen-bond donors (Lipinski definition) is 2. The number of aliphatic hydroxyl groups excluding tert-OH is 1. The monoisotopic (exact) mass is 329 g/mol. The summed E-state index contributed by atoms with van der Waals surface area (Å²) in [5.41, 5.74) is 2.13. The van der Waals surface area contributed by atoms with Crippen LogP contribution in [0.25, 0.3) is 0 Å². The van der Waals surface area contributed by atoms with E-state index in [9.17, 15) is 5.11 Å². The smallest absolute Gasteiger partial charge is 0.118 e. The molecule has 0 radical (unpaired) electrons. The number of hydrogen-bond acceptors (Lipinski definition) is 4. The largest absolute Gasteiger partial charge is 0.497 e. The molecule has 2 aromatic rings. The lowest BCUT2D eigenvalue weighted by molar-refractivity contribution is 0.169. The van der Waals surface area contributed by atoms with Crippen LogP contribution in [-0.4, -0.2) is 31.9 Å². The topological polar surface area (TPSA) is 50.7 Å². The Hall–Kier alpha value is -2.04. The maximum Gasteiger partial charge on any atom is 0.118 e. The predicted octanol–water partition coefficient (Wildman–Crippen LogP) is 3.52. The fourth-order valence-electron chi connectivity index (χ4n) is 2.61. The van der Waals surface area contributed by atoms with E-state index in [4.69, 9.17) is 9.47 Å². The Morgan fingerprint density at radius 2 is 1.29 bits per heavy atom. The Bertz CT molecular complexity index is 610. The van der Waals surface area contributed by atoms with Crippen molar-refractivity contribution in [3.8, 4) is 11.5 Å². The van der Waals surface area contributed by atoms with E-state index in [0.29, 0.717) is 12.5 Å². The molecule has 0 fully saturated rings. The lowest BCUT2D eigenvalue weighted by Gasteiger charge is -2.23. The van der Waals surface area contributed by atoms with E-state index >= 15 is 0 Å². The minimum atomic E-state index is -0.540. The van der Waals surface area contributed by atoms with E-state index in [1.54, 1.807) is 14.2 Å². The molecule has 0 bridgehead atoms. The molecule has 0 aliphatic heterocycles. The molecule has 2 rings (SSSR count). The lowest BCUT2D eigenvalue weighted by Crippen LogP contribution is -2.34.